The van der Waals surface area contributed by atoms with E-state index in [1.165, 1.54) is 18.7 Å². The van der Waals surface area contributed by atoms with Gasteiger partial charge >= 0.3 is 0 Å². The molecule has 0 saturated carbocycles. The molecule has 0 spiro atoms. The van der Waals surface area contributed by atoms with E-state index in [0.717, 1.165) is 10.0 Å². The number of nitrogens with zero attached hydrogens (tertiary/aromatic N) is 2. The molecular formula is C12H9BrN2O. The molecule has 0 unspecified atom stereocenters. The molecule has 0 N–H and O–H groups in total. The van der Waals surface area contributed by atoms with Gasteiger partial charge in [-0.1, -0.05) is 27.6 Å². The van der Waals surface area contributed by atoms with Gasteiger partial charge in [-0.2, -0.15) is 0 Å². The first-order valence-corrected chi connectivity index (χ1v) is 5.53. The second kappa shape index (κ2) is 4.53. The first-order chi connectivity index (χ1) is 7.68. The highest BCUT2D eigenvalue weighted by molar-refractivity contribution is 9.10. The molecule has 0 aliphatic heterocycles. The molecule has 1 aromatic heterocycles. The van der Waals surface area contributed by atoms with Gasteiger partial charge in [0.15, 0.2) is 5.78 Å². The normalized spacial score (nSPS) is 10.1. The summed E-state index contributed by atoms with van der Waals surface area (Å²) >= 11 is 3.37. The monoisotopic (exact) mass is 276 g/mol. The van der Waals surface area contributed by atoms with E-state index in [4.69, 9.17) is 0 Å². The Bertz CT molecular complexity index is 526. The average molecular weight is 277 g/mol. The highest BCUT2D eigenvalue weighted by Crippen LogP contribution is 2.20. The number of carbonyl (C=O) groups excluding carboxylic acids is 1. The summed E-state index contributed by atoms with van der Waals surface area (Å²) in [6.45, 7) is 1.95. The van der Waals surface area contributed by atoms with Crippen LogP contribution in [0.2, 0.25) is 0 Å². The van der Waals surface area contributed by atoms with E-state index >= 15 is 0 Å². The van der Waals surface area contributed by atoms with Crippen LogP contribution in [0.4, 0.5) is 0 Å². The Labute approximate surface area is 102 Å². The van der Waals surface area contributed by atoms with E-state index in [9.17, 15) is 4.79 Å². The van der Waals surface area contributed by atoms with Gasteiger partial charge in [-0.25, -0.2) is 9.97 Å². The zero-order valence-corrected chi connectivity index (χ0v) is 10.2. The fourth-order valence-corrected chi connectivity index (χ4v) is 1.81. The van der Waals surface area contributed by atoms with Crippen LogP contribution >= 0.6 is 15.9 Å². The minimum atomic E-state index is -0.0730. The number of rotatable bonds is 2. The Morgan fingerprint density at radius 2 is 1.94 bits per heavy atom. The summed E-state index contributed by atoms with van der Waals surface area (Å²) in [5.74, 6) is -0.0730. The maximum Gasteiger partial charge on any atom is 0.197 e. The maximum absolute atomic E-state index is 12.1. The molecule has 2 aromatic rings. The van der Waals surface area contributed by atoms with Gasteiger partial charge in [0.1, 0.15) is 6.33 Å². The lowest BCUT2D eigenvalue weighted by atomic mass is 10.0. The van der Waals surface area contributed by atoms with Crippen molar-refractivity contribution in [2.24, 2.45) is 0 Å². The predicted octanol–water partition coefficient (Wildman–Crippen LogP) is 2.78. The molecule has 0 saturated heterocycles. The van der Waals surface area contributed by atoms with Gasteiger partial charge in [0, 0.05) is 22.4 Å². The Morgan fingerprint density at radius 1 is 1.25 bits per heavy atom. The van der Waals surface area contributed by atoms with Gasteiger partial charge in [-0.05, 0) is 19.1 Å². The van der Waals surface area contributed by atoms with Crippen LogP contribution in [-0.2, 0) is 0 Å². The van der Waals surface area contributed by atoms with E-state index in [-0.39, 0.29) is 5.78 Å². The SMILES string of the molecule is Cc1ccc(Br)c(C(=O)c2cncnc2)c1. The molecule has 0 amide bonds. The van der Waals surface area contributed by atoms with Crippen molar-refractivity contribution < 1.29 is 4.79 Å². The molecule has 0 aliphatic carbocycles. The molecule has 0 radical (unpaired) electrons. The van der Waals surface area contributed by atoms with Crippen LogP contribution in [-0.4, -0.2) is 15.8 Å². The van der Waals surface area contributed by atoms with Crippen LogP contribution in [0.1, 0.15) is 21.5 Å². The van der Waals surface area contributed by atoms with Crippen LogP contribution < -0.4 is 0 Å². The summed E-state index contributed by atoms with van der Waals surface area (Å²) in [5, 5.41) is 0. The third-order valence-corrected chi connectivity index (χ3v) is 2.88. The summed E-state index contributed by atoms with van der Waals surface area (Å²) in [6, 6.07) is 5.66. The minimum absolute atomic E-state index is 0.0730. The highest BCUT2D eigenvalue weighted by Gasteiger charge is 2.12. The fourth-order valence-electron chi connectivity index (χ4n) is 1.38. The topological polar surface area (TPSA) is 42.9 Å². The summed E-state index contributed by atoms with van der Waals surface area (Å²) < 4.78 is 0.784. The van der Waals surface area contributed by atoms with Crippen LogP contribution in [0.25, 0.3) is 0 Å². The summed E-state index contributed by atoms with van der Waals surface area (Å²) in [7, 11) is 0. The molecule has 80 valence electrons. The summed E-state index contributed by atoms with van der Waals surface area (Å²) in [5.41, 5.74) is 2.17. The van der Waals surface area contributed by atoms with Crippen molar-refractivity contribution in [2.75, 3.05) is 0 Å². The van der Waals surface area contributed by atoms with Gasteiger partial charge in [-0.15, -0.1) is 0 Å². The molecule has 16 heavy (non-hydrogen) atoms. The lowest BCUT2D eigenvalue weighted by molar-refractivity contribution is 0.103. The number of carbonyl (C=O) groups is 1. The van der Waals surface area contributed by atoms with Crippen molar-refractivity contribution in [3.63, 3.8) is 0 Å². The van der Waals surface area contributed by atoms with Gasteiger partial charge in [0.2, 0.25) is 0 Å². The molecule has 0 atom stereocenters. The van der Waals surface area contributed by atoms with Gasteiger partial charge in [0.05, 0.1) is 5.56 Å². The molecule has 0 bridgehead atoms. The van der Waals surface area contributed by atoms with Crippen molar-refractivity contribution in [3.05, 3.63) is 58.1 Å². The summed E-state index contributed by atoms with van der Waals surface area (Å²) in [4.78, 5) is 19.8. The largest absolute Gasteiger partial charge is 0.288 e. The van der Waals surface area contributed by atoms with E-state index in [0.29, 0.717) is 11.1 Å². The zero-order chi connectivity index (χ0) is 11.5. The molecule has 0 fully saturated rings. The smallest absolute Gasteiger partial charge is 0.197 e. The average Bonchev–Trinajstić information content (AvgIpc) is 2.32. The number of benzene rings is 1. The first kappa shape index (κ1) is 11.0. The molecule has 3 nitrogen and oxygen atoms in total. The number of ketones is 1. The quantitative estimate of drug-likeness (QED) is 0.793. The van der Waals surface area contributed by atoms with Crippen LogP contribution in [0.3, 0.4) is 0 Å². The predicted molar refractivity (Wildman–Crippen MR) is 64.3 cm³/mol. The number of aryl methyl sites for hydroxylation is 1. The number of hydrogen-bond acceptors (Lipinski definition) is 3. The second-order valence-electron chi connectivity index (χ2n) is 3.44. The summed E-state index contributed by atoms with van der Waals surface area (Å²) in [6.07, 6.45) is 4.44. The standard InChI is InChI=1S/C12H9BrN2O/c1-8-2-3-11(13)10(4-8)12(16)9-5-14-7-15-6-9/h2-7H,1H3. The first-order valence-electron chi connectivity index (χ1n) is 4.74. The van der Waals surface area contributed by atoms with Gasteiger partial charge in [-0.3, -0.25) is 4.79 Å². The number of hydrogen-bond donors (Lipinski definition) is 0. The van der Waals surface area contributed by atoms with Crippen molar-refractivity contribution >= 4 is 21.7 Å². The van der Waals surface area contributed by atoms with Crippen molar-refractivity contribution in [1.82, 2.24) is 9.97 Å². The molecule has 2 rings (SSSR count). The van der Waals surface area contributed by atoms with Crippen molar-refractivity contribution in [1.29, 1.82) is 0 Å². The van der Waals surface area contributed by atoms with Crippen molar-refractivity contribution in [2.45, 2.75) is 6.92 Å². The van der Waals surface area contributed by atoms with Gasteiger partial charge < -0.3 is 0 Å². The molecular weight excluding hydrogens is 268 g/mol. The molecule has 4 heteroatoms. The lowest BCUT2D eigenvalue weighted by Crippen LogP contribution is -2.03. The van der Waals surface area contributed by atoms with E-state index in [1.807, 2.05) is 25.1 Å². The Morgan fingerprint density at radius 3 is 2.62 bits per heavy atom. The number of halogens is 1. The Kier molecular flexibility index (Phi) is 3.10. The Balaban J connectivity index is 2.46. The maximum atomic E-state index is 12.1. The van der Waals surface area contributed by atoms with Crippen LogP contribution in [0, 0.1) is 6.92 Å². The van der Waals surface area contributed by atoms with Crippen molar-refractivity contribution in [3.8, 4) is 0 Å². The molecule has 1 aromatic carbocycles. The third kappa shape index (κ3) is 2.17. The third-order valence-electron chi connectivity index (χ3n) is 2.19. The van der Waals surface area contributed by atoms with Crippen LogP contribution in [0.5, 0.6) is 0 Å². The number of aromatic nitrogens is 2. The van der Waals surface area contributed by atoms with Gasteiger partial charge in [0.25, 0.3) is 0 Å². The van der Waals surface area contributed by atoms with Crippen LogP contribution in [0.15, 0.2) is 41.4 Å². The Hall–Kier alpha value is -1.55. The van der Waals surface area contributed by atoms with E-state index in [2.05, 4.69) is 25.9 Å². The van der Waals surface area contributed by atoms with E-state index < -0.39 is 0 Å². The highest BCUT2D eigenvalue weighted by atomic mass is 79.9. The minimum Gasteiger partial charge on any atom is -0.288 e. The molecule has 1 heterocycles. The lowest BCUT2D eigenvalue weighted by Gasteiger charge is -2.04. The van der Waals surface area contributed by atoms with E-state index in [1.54, 1.807) is 0 Å². The second-order valence-corrected chi connectivity index (χ2v) is 4.29. The molecule has 0 aliphatic rings. The zero-order valence-electron chi connectivity index (χ0n) is 8.64. The fraction of sp³-hybridized carbons (Fsp3) is 0.0833.